The van der Waals surface area contributed by atoms with Crippen molar-refractivity contribution >= 4 is 52.5 Å². The molecule has 3 aromatic carbocycles. The lowest BCUT2D eigenvalue weighted by atomic mass is 9.84. The van der Waals surface area contributed by atoms with Gasteiger partial charge in [0.05, 0.1) is 15.6 Å². The van der Waals surface area contributed by atoms with Crippen LogP contribution in [-0.2, 0) is 15.5 Å². The third-order valence-corrected chi connectivity index (χ3v) is 9.84. The molecule has 0 radical (unpaired) electrons. The van der Waals surface area contributed by atoms with Crippen molar-refractivity contribution in [2.75, 3.05) is 26.2 Å². The molecule has 1 N–H and O–H groups in total. The summed E-state index contributed by atoms with van der Waals surface area (Å²) in [6.07, 6.45) is -3.57. The van der Waals surface area contributed by atoms with Crippen LogP contribution in [0.3, 0.4) is 0 Å². The lowest BCUT2D eigenvalue weighted by molar-refractivity contribution is -0.274. The molecule has 0 aliphatic carbocycles. The molecule has 3 amide bonds. The summed E-state index contributed by atoms with van der Waals surface area (Å²) in [5.41, 5.74) is 2.49. The van der Waals surface area contributed by atoms with E-state index >= 15 is 0 Å². The summed E-state index contributed by atoms with van der Waals surface area (Å²) in [5, 5.41) is 3.57. The zero-order valence-electron chi connectivity index (χ0n) is 25.5. The monoisotopic (exact) mass is 709 g/mol. The van der Waals surface area contributed by atoms with Gasteiger partial charge in [-0.1, -0.05) is 59.6 Å². The molecule has 2 aliphatic heterocycles. The normalized spacial score (nSPS) is 19.0. The summed E-state index contributed by atoms with van der Waals surface area (Å²) >= 11 is 18.4. The van der Waals surface area contributed by atoms with Crippen LogP contribution in [0.1, 0.15) is 53.6 Å². The molecular weight excluding hydrogens is 678 g/mol. The van der Waals surface area contributed by atoms with Gasteiger partial charge < -0.3 is 19.9 Å². The van der Waals surface area contributed by atoms with E-state index in [0.29, 0.717) is 71.5 Å². The zero-order chi connectivity index (χ0) is 33.9. The Morgan fingerprint density at radius 2 is 1.53 bits per heavy atom. The minimum Gasteiger partial charge on any atom is -0.405 e. The Kier molecular flexibility index (Phi) is 10.9. The molecule has 13 heteroatoms. The number of halogens is 6. The first-order valence-corrected chi connectivity index (χ1v) is 16.5. The van der Waals surface area contributed by atoms with E-state index in [2.05, 4.69) is 10.1 Å². The predicted octanol–water partition coefficient (Wildman–Crippen LogP) is 7.67. The molecule has 250 valence electrons. The van der Waals surface area contributed by atoms with Crippen LogP contribution in [0.15, 0.2) is 60.7 Å². The molecule has 2 unspecified atom stereocenters. The molecule has 3 aromatic rings. The summed E-state index contributed by atoms with van der Waals surface area (Å²) in [5.74, 6) is -1.82. The fourth-order valence-electron chi connectivity index (χ4n) is 6.24. The van der Waals surface area contributed by atoms with Gasteiger partial charge in [-0.05, 0) is 65.8 Å². The third-order valence-electron chi connectivity index (χ3n) is 8.79. The molecule has 2 fully saturated rings. The molecule has 2 saturated heterocycles. The number of ether oxygens (including phenoxy) is 1. The number of rotatable bonds is 7. The van der Waals surface area contributed by atoms with Crippen LogP contribution in [0.2, 0.25) is 10.0 Å². The second-order valence-electron chi connectivity index (χ2n) is 11.8. The number of nitrogens with one attached hydrogen (secondary N) is 1. The lowest BCUT2D eigenvalue weighted by Crippen LogP contribution is -2.53. The van der Waals surface area contributed by atoms with E-state index in [-0.39, 0.29) is 29.8 Å². The molecule has 0 spiro atoms. The number of carbonyl (C=O) groups excluding carboxylic acids is 3. The lowest BCUT2D eigenvalue weighted by Gasteiger charge is -2.41. The largest absolute Gasteiger partial charge is 0.573 e. The minimum absolute atomic E-state index is 0.0225. The number of carbonyl (C=O) groups is 3. The van der Waals surface area contributed by atoms with E-state index < -0.39 is 30.0 Å². The number of likely N-dealkylation sites (tertiary alicyclic amines) is 2. The Balaban J connectivity index is 1.41. The van der Waals surface area contributed by atoms with Gasteiger partial charge in [0, 0.05) is 56.9 Å². The highest BCUT2D eigenvalue weighted by atomic mass is 35.5. The SMILES string of the molecule is CC(=O)N1CCC(C(=O)N2CCC(NC(=O)c3cc(-c4ccc(CCl)cc4)ccc3OC(F)(F)F)C(c3ccc(Cl)c(Cl)c3)C2)CC1. The summed E-state index contributed by atoms with van der Waals surface area (Å²) < 4.78 is 44.4. The number of hydrogen-bond donors (Lipinski definition) is 1. The molecule has 2 atom stereocenters. The average Bonchev–Trinajstić information content (AvgIpc) is 3.05. The molecule has 47 heavy (non-hydrogen) atoms. The van der Waals surface area contributed by atoms with Gasteiger partial charge in [0.1, 0.15) is 5.75 Å². The summed E-state index contributed by atoms with van der Waals surface area (Å²) in [6.45, 7) is 3.09. The van der Waals surface area contributed by atoms with Gasteiger partial charge in [-0.25, -0.2) is 0 Å². The summed E-state index contributed by atoms with van der Waals surface area (Å²) in [6, 6.07) is 15.6. The van der Waals surface area contributed by atoms with E-state index in [1.807, 2.05) is 0 Å². The molecule has 2 heterocycles. The van der Waals surface area contributed by atoms with Gasteiger partial charge in [0.2, 0.25) is 11.8 Å². The first-order chi connectivity index (χ1) is 22.3. The van der Waals surface area contributed by atoms with Crippen molar-refractivity contribution < 1.29 is 32.3 Å². The maximum Gasteiger partial charge on any atom is 0.573 e. The van der Waals surface area contributed by atoms with Crippen LogP contribution < -0.4 is 10.1 Å². The van der Waals surface area contributed by atoms with Gasteiger partial charge in [0.15, 0.2) is 0 Å². The van der Waals surface area contributed by atoms with Crippen LogP contribution in [0.4, 0.5) is 13.2 Å². The number of nitrogens with zero attached hydrogens (tertiary/aromatic N) is 2. The maximum atomic E-state index is 13.8. The first-order valence-electron chi connectivity index (χ1n) is 15.2. The van der Waals surface area contributed by atoms with Crippen molar-refractivity contribution in [1.29, 1.82) is 0 Å². The van der Waals surface area contributed by atoms with Crippen molar-refractivity contribution in [1.82, 2.24) is 15.1 Å². The van der Waals surface area contributed by atoms with Crippen molar-refractivity contribution in [3.63, 3.8) is 0 Å². The van der Waals surface area contributed by atoms with Crippen LogP contribution in [0.25, 0.3) is 11.1 Å². The Morgan fingerprint density at radius 1 is 0.872 bits per heavy atom. The Bertz CT molecular complexity index is 1630. The Labute approximate surface area is 285 Å². The first kappa shape index (κ1) is 34.9. The van der Waals surface area contributed by atoms with E-state index in [4.69, 9.17) is 34.8 Å². The number of alkyl halides is 4. The second kappa shape index (κ2) is 14.7. The number of amides is 3. The number of hydrogen-bond acceptors (Lipinski definition) is 4. The Morgan fingerprint density at radius 3 is 2.15 bits per heavy atom. The second-order valence-corrected chi connectivity index (χ2v) is 12.9. The molecule has 2 aliphatic rings. The summed E-state index contributed by atoms with van der Waals surface area (Å²) in [4.78, 5) is 42.7. The minimum atomic E-state index is -5.02. The van der Waals surface area contributed by atoms with E-state index in [0.717, 1.165) is 11.6 Å². The van der Waals surface area contributed by atoms with Crippen molar-refractivity contribution in [2.24, 2.45) is 5.92 Å². The van der Waals surface area contributed by atoms with Gasteiger partial charge in [-0.2, -0.15) is 0 Å². The highest BCUT2D eigenvalue weighted by Crippen LogP contribution is 2.35. The van der Waals surface area contributed by atoms with Crippen LogP contribution in [-0.4, -0.2) is 66.1 Å². The van der Waals surface area contributed by atoms with Crippen LogP contribution in [0.5, 0.6) is 5.75 Å². The van der Waals surface area contributed by atoms with Crippen LogP contribution >= 0.6 is 34.8 Å². The molecule has 5 rings (SSSR count). The van der Waals surface area contributed by atoms with Gasteiger partial charge in [-0.15, -0.1) is 24.8 Å². The zero-order valence-corrected chi connectivity index (χ0v) is 27.7. The maximum absolute atomic E-state index is 13.8. The van der Waals surface area contributed by atoms with Crippen molar-refractivity contribution in [3.05, 3.63) is 87.4 Å². The van der Waals surface area contributed by atoms with E-state index in [1.165, 1.54) is 19.1 Å². The van der Waals surface area contributed by atoms with Gasteiger partial charge in [0.25, 0.3) is 5.91 Å². The highest BCUT2D eigenvalue weighted by molar-refractivity contribution is 6.42. The average molecular weight is 711 g/mol. The van der Waals surface area contributed by atoms with Crippen molar-refractivity contribution in [3.8, 4) is 16.9 Å². The predicted molar refractivity (Wildman–Crippen MR) is 175 cm³/mol. The fraction of sp³-hybridized carbons (Fsp3) is 0.382. The third kappa shape index (κ3) is 8.52. The van der Waals surface area contributed by atoms with E-state index in [9.17, 15) is 27.6 Å². The fourth-order valence-corrected chi connectivity index (χ4v) is 6.72. The highest BCUT2D eigenvalue weighted by Gasteiger charge is 2.38. The molecule has 0 aromatic heterocycles. The smallest absolute Gasteiger partial charge is 0.405 e. The van der Waals surface area contributed by atoms with Gasteiger partial charge >= 0.3 is 6.36 Å². The molecule has 7 nitrogen and oxygen atoms in total. The van der Waals surface area contributed by atoms with E-state index in [1.54, 1.807) is 52.3 Å². The molecular formula is C34H33Cl3F3N3O4. The summed E-state index contributed by atoms with van der Waals surface area (Å²) in [7, 11) is 0. The Hall–Kier alpha value is -3.47. The topological polar surface area (TPSA) is 79.0 Å². The number of piperidine rings is 2. The van der Waals surface area contributed by atoms with Crippen LogP contribution in [0, 0.1) is 5.92 Å². The standard InChI is InChI=1S/C34H33Cl3F3N3O4/c1-20(44)42-13-10-23(11-14-42)33(46)43-15-12-30(27(19-43)25-6-8-28(36)29(37)17-25)41-32(45)26-16-24(7-9-31(26)47-34(38,39)40)22-4-2-21(18-35)3-5-22/h2-9,16-17,23,27,30H,10-15,18-19H2,1H3,(H,41,45). The number of benzene rings is 3. The van der Waals surface area contributed by atoms with Crippen molar-refractivity contribution in [2.45, 2.75) is 50.4 Å². The quantitative estimate of drug-likeness (QED) is 0.256. The van der Waals surface area contributed by atoms with Gasteiger partial charge in [-0.3, -0.25) is 14.4 Å². The molecule has 0 saturated carbocycles. The molecule has 0 bridgehead atoms.